The van der Waals surface area contributed by atoms with Crippen molar-refractivity contribution in [2.24, 2.45) is 0 Å². The molecule has 4 bridgehead atoms. The lowest BCUT2D eigenvalue weighted by atomic mass is 9.85. The largest absolute Gasteiger partial charge is 0.480 e. The van der Waals surface area contributed by atoms with Gasteiger partial charge in [-0.05, 0) is 24.3 Å². The first-order chi connectivity index (χ1) is 15.6. The van der Waals surface area contributed by atoms with E-state index in [0.29, 0.717) is 17.3 Å². The highest BCUT2D eigenvalue weighted by atomic mass is 32.2. The van der Waals surface area contributed by atoms with E-state index in [1.165, 1.54) is 48.5 Å². The zero-order valence-electron chi connectivity index (χ0n) is 17.2. The smallest absolute Gasteiger partial charge is 0.330 e. The molecule has 0 aliphatic carbocycles. The van der Waals surface area contributed by atoms with E-state index in [9.17, 15) is 33.9 Å². The number of carbonyl (C=O) groups excluding carboxylic acids is 5. The van der Waals surface area contributed by atoms with Gasteiger partial charge in [0.1, 0.15) is 0 Å². The van der Waals surface area contributed by atoms with E-state index < -0.39 is 43.9 Å². The number of fused-ring (bicyclic) bond motifs is 11. The van der Waals surface area contributed by atoms with Gasteiger partial charge in [0, 0.05) is 40.8 Å². The van der Waals surface area contributed by atoms with E-state index >= 15 is 0 Å². The SMILES string of the molecule is CC(=O)NC(C1CC(=O)c2ccc(cc2)C(=O)S1)C1(C(=O)O)SC(=O)c2ccc(cc2)C1=O. The van der Waals surface area contributed by atoms with Gasteiger partial charge in [0.25, 0.3) is 0 Å². The third-order valence-corrected chi connectivity index (χ3v) is 8.10. The molecule has 0 aromatic heterocycles. The van der Waals surface area contributed by atoms with E-state index in [2.05, 4.69) is 5.32 Å². The van der Waals surface area contributed by atoms with Crippen molar-refractivity contribution in [1.29, 1.82) is 0 Å². The van der Waals surface area contributed by atoms with E-state index in [-0.39, 0.29) is 40.7 Å². The van der Waals surface area contributed by atoms with E-state index in [1.807, 2.05) is 0 Å². The molecule has 6 rings (SSSR count). The van der Waals surface area contributed by atoms with Gasteiger partial charge in [-0.25, -0.2) is 0 Å². The Morgan fingerprint density at radius 1 is 0.909 bits per heavy atom. The van der Waals surface area contributed by atoms with Crippen molar-refractivity contribution in [3.05, 3.63) is 70.8 Å². The van der Waals surface area contributed by atoms with Crippen LogP contribution >= 0.6 is 23.5 Å². The molecule has 3 atom stereocenters. The molecule has 0 spiro atoms. The normalized spacial score (nSPS) is 23.2. The summed E-state index contributed by atoms with van der Waals surface area (Å²) in [4.78, 5) is 77.2. The summed E-state index contributed by atoms with van der Waals surface area (Å²) in [6, 6.07) is 9.99. The Morgan fingerprint density at radius 3 is 1.97 bits per heavy atom. The van der Waals surface area contributed by atoms with Gasteiger partial charge < -0.3 is 10.4 Å². The molecule has 4 aliphatic heterocycles. The molecule has 2 aromatic rings. The maximum Gasteiger partial charge on any atom is 0.330 e. The van der Waals surface area contributed by atoms with Crippen LogP contribution in [0.1, 0.15) is 54.8 Å². The van der Waals surface area contributed by atoms with E-state index in [4.69, 9.17) is 0 Å². The number of hydrogen-bond acceptors (Lipinski definition) is 8. The van der Waals surface area contributed by atoms with Crippen LogP contribution in [-0.2, 0) is 9.59 Å². The molecule has 3 unspecified atom stereocenters. The monoisotopic (exact) mass is 483 g/mol. The molecule has 0 fully saturated rings. The summed E-state index contributed by atoms with van der Waals surface area (Å²) in [5.74, 6) is -3.61. The van der Waals surface area contributed by atoms with Gasteiger partial charge in [-0.1, -0.05) is 47.8 Å². The third-order valence-electron chi connectivity index (χ3n) is 5.55. The van der Waals surface area contributed by atoms with Crippen molar-refractivity contribution in [2.75, 3.05) is 0 Å². The molecule has 2 aromatic carbocycles. The van der Waals surface area contributed by atoms with Crippen molar-refractivity contribution in [3.63, 3.8) is 0 Å². The number of hydrogen-bond donors (Lipinski definition) is 2. The van der Waals surface area contributed by atoms with Gasteiger partial charge in [-0.3, -0.25) is 28.8 Å². The first-order valence-corrected chi connectivity index (χ1v) is 11.6. The average molecular weight is 484 g/mol. The number of nitrogens with one attached hydrogen (secondary N) is 1. The summed E-state index contributed by atoms with van der Waals surface area (Å²) < 4.78 is -2.49. The Balaban J connectivity index is 1.89. The molecule has 4 aliphatic rings. The summed E-state index contributed by atoms with van der Waals surface area (Å²) in [5.41, 5.74) is 0.828. The van der Waals surface area contributed by atoms with Gasteiger partial charge >= 0.3 is 5.97 Å². The highest BCUT2D eigenvalue weighted by Gasteiger charge is 2.59. The number of amides is 1. The van der Waals surface area contributed by atoms with Crippen LogP contribution in [0.4, 0.5) is 0 Å². The molecule has 10 heteroatoms. The predicted molar refractivity (Wildman–Crippen MR) is 122 cm³/mol. The van der Waals surface area contributed by atoms with Crippen molar-refractivity contribution in [3.8, 4) is 0 Å². The van der Waals surface area contributed by atoms with Gasteiger partial charge in [0.2, 0.25) is 20.9 Å². The molecular formula is C23H17NO7S2. The second kappa shape index (κ2) is 8.60. The second-order valence-electron chi connectivity index (χ2n) is 7.66. The number of ketones is 2. The first-order valence-electron chi connectivity index (χ1n) is 9.86. The molecule has 4 heterocycles. The Morgan fingerprint density at radius 2 is 1.42 bits per heavy atom. The number of thioether (sulfide) groups is 2. The van der Waals surface area contributed by atoms with Crippen LogP contribution in [0.2, 0.25) is 0 Å². The fourth-order valence-corrected chi connectivity index (χ4v) is 6.37. The summed E-state index contributed by atoms with van der Waals surface area (Å²) >= 11 is 0.956. The van der Waals surface area contributed by atoms with Gasteiger partial charge in [-0.15, -0.1) is 0 Å². The number of carbonyl (C=O) groups is 6. The minimum Gasteiger partial charge on any atom is -0.480 e. The van der Waals surface area contributed by atoms with Crippen LogP contribution in [0, 0.1) is 0 Å². The molecule has 2 N–H and O–H groups in total. The Bertz CT molecular complexity index is 1170. The maximum absolute atomic E-state index is 13.6. The molecule has 1 amide bonds. The maximum atomic E-state index is 13.6. The lowest BCUT2D eigenvalue weighted by Crippen LogP contribution is -2.64. The molecule has 0 saturated carbocycles. The first kappa shape index (κ1) is 22.9. The van der Waals surface area contributed by atoms with E-state index in [1.54, 1.807) is 0 Å². The topological polar surface area (TPSA) is 135 Å². The van der Waals surface area contributed by atoms with Crippen molar-refractivity contribution >= 4 is 57.2 Å². The van der Waals surface area contributed by atoms with Crippen molar-refractivity contribution < 1.29 is 33.9 Å². The fourth-order valence-electron chi connectivity index (χ4n) is 3.90. The number of benzene rings is 2. The van der Waals surface area contributed by atoms with Crippen molar-refractivity contribution in [2.45, 2.75) is 29.4 Å². The lowest BCUT2D eigenvalue weighted by molar-refractivity contribution is -0.139. The number of rotatable bonds is 4. The van der Waals surface area contributed by atoms with Crippen LogP contribution in [0.25, 0.3) is 0 Å². The van der Waals surface area contributed by atoms with Crippen LogP contribution in [0.5, 0.6) is 0 Å². The van der Waals surface area contributed by atoms with Crippen LogP contribution < -0.4 is 5.32 Å². The minimum atomic E-state index is -2.49. The third kappa shape index (κ3) is 4.00. The molecule has 168 valence electrons. The summed E-state index contributed by atoms with van der Waals surface area (Å²) in [7, 11) is 0. The molecule has 33 heavy (non-hydrogen) atoms. The van der Waals surface area contributed by atoms with Gasteiger partial charge in [0.15, 0.2) is 11.6 Å². The molecular weight excluding hydrogens is 466 g/mol. The van der Waals surface area contributed by atoms with Crippen LogP contribution in [0.15, 0.2) is 48.5 Å². The lowest BCUT2D eigenvalue weighted by Gasteiger charge is -2.39. The summed E-state index contributed by atoms with van der Waals surface area (Å²) in [6.07, 6.45) is -0.326. The van der Waals surface area contributed by atoms with Crippen LogP contribution in [-0.4, -0.2) is 54.8 Å². The zero-order valence-corrected chi connectivity index (χ0v) is 18.8. The molecule has 0 radical (unpaired) electrons. The van der Waals surface area contributed by atoms with Gasteiger partial charge in [0.05, 0.1) is 6.04 Å². The molecule has 0 saturated heterocycles. The fraction of sp³-hybridized carbons (Fsp3) is 0.217. The number of aliphatic carboxylic acids is 1. The quantitative estimate of drug-likeness (QED) is 0.629. The highest BCUT2D eigenvalue weighted by molar-refractivity contribution is 8.17. The average Bonchev–Trinajstić information content (AvgIpc) is 2.87. The summed E-state index contributed by atoms with van der Waals surface area (Å²) in [6.45, 7) is 1.13. The van der Waals surface area contributed by atoms with E-state index in [0.717, 1.165) is 6.92 Å². The standard InChI is InChI=1S/C23H17NO7S2/c1-11(25)24-18(17-10-16(26)12-2-6-14(7-3-12)20(28)32-17)23(22(30)31)19(27)13-4-8-15(9-5-13)21(29)33-23/h2-9,17-18H,10H2,1H3,(H,24,25)(H,30,31). The van der Waals surface area contributed by atoms with Crippen molar-refractivity contribution in [1.82, 2.24) is 5.32 Å². The Hall–Kier alpha value is -3.24. The van der Waals surface area contributed by atoms with Crippen LogP contribution in [0.3, 0.4) is 0 Å². The Kier molecular flexibility index (Phi) is 5.98. The summed E-state index contributed by atoms with van der Waals surface area (Å²) in [5, 5.41) is 10.6. The zero-order chi connectivity index (χ0) is 23.9. The number of carboxylic acid groups (broad SMARTS) is 1. The number of carboxylic acids is 1. The highest BCUT2D eigenvalue weighted by Crippen LogP contribution is 2.43. The Labute approximate surface area is 196 Å². The predicted octanol–water partition coefficient (Wildman–Crippen LogP) is 2.61. The second-order valence-corrected chi connectivity index (χ2v) is 10.1. The molecule has 8 nitrogen and oxygen atoms in total. The minimum absolute atomic E-state index is 0.0365. The van der Waals surface area contributed by atoms with Gasteiger partial charge in [-0.2, -0.15) is 0 Å². The number of Topliss-reactive ketones (excluding diaryl/α,β-unsaturated/α-hetero) is 2.